The fourth-order valence-corrected chi connectivity index (χ4v) is 6.17. The van der Waals surface area contributed by atoms with Crippen LogP contribution >= 0.6 is 22.9 Å². The summed E-state index contributed by atoms with van der Waals surface area (Å²) in [4.78, 5) is 16.6. The summed E-state index contributed by atoms with van der Waals surface area (Å²) in [5.41, 5.74) is 2.62. The molecule has 1 aliphatic heterocycles. The van der Waals surface area contributed by atoms with Crippen LogP contribution in [0.25, 0.3) is 10.2 Å². The molecule has 1 aromatic carbocycles. The van der Waals surface area contributed by atoms with Gasteiger partial charge in [-0.1, -0.05) is 19.1 Å². The number of ether oxygens (including phenoxy) is 1. The first-order chi connectivity index (χ1) is 14.1. The molecule has 0 spiro atoms. The van der Waals surface area contributed by atoms with Crippen molar-refractivity contribution in [2.45, 2.75) is 26.2 Å². The van der Waals surface area contributed by atoms with E-state index in [1.807, 2.05) is 23.5 Å². The molecule has 1 fully saturated rings. The van der Waals surface area contributed by atoms with Crippen molar-refractivity contribution in [2.75, 3.05) is 43.1 Å². The van der Waals surface area contributed by atoms with Crippen molar-refractivity contribution in [2.24, 2.45) is 5.92 Å². The second-order valence-corrected chi connectivity index (χ2v) is 9.42. The van der Waals surface area contributed by atoms with Crippen LogP contribution in [-0.4, -0.2) is 43.3 Å². The molecule has 5 rings (SSSR count). The standard InChI is InChI=1S/C22H25ClN4OS/c1-14-7-8-15-18(13-14)29-21-19(15)20(24-22(23)25-21)27-11-9-26(10-12-27)16-5-3-4-6-17(16)28-2/h3-6,14H,7-13H2,1-2H3. The van der Waals surface area contributed by atoms with E-state index in [0.717, 1.165) is 67.0 Å². The fraction of sp³-hybridized carbons (Fsp3) is 0.455. The van der Waals surface area contributed by atoms with Gasteiger partial charge in [-0.05, 0) is 54.5 Å². The highest BCUT2D eigenvalue weighted by atomic mass is 35.5. The van der Waals surface area contributed by atoms with E-state index in [2.05, 4.69) is 33.8 Å². The molecule has 0 N–H and O–H groups in total. The zero-order chi connectivity index (χ0) is 20.0. The highest BCUT2D eigenvalue weighted by Crippen LogP contribution is 2.41. The average Bonchev–Trinajstić information content (AvgIpc) is 3.10. The van der Waals surface area contributed by atoms with Gasteiger partial charge in [0.25, 0.3) is 0 Å². The van der Waals surface area contributed by atoms with E-state index in [4.69, 9.17) is 21.3 Å². The number of thiophene rings is 1. The second-order valence-electron chi connectivity index (χ2n) is 7.99. The highest BCUT2D eigenvalue weighted by Gasteiger charge is 2.28. The third-order valence-corrected chi connectivity index (χ3v) is 7.43. The molecule has 29 heavy (non-hydrogen) atoms. The molecule has 0 bridgehead atoms. The zero-order valence-electron chi connectivity index (χ0n) is 16.8. The largest absolute Gasteiger partial charge is 0.495 e. The number of hydrogen-bond acceptors (Lipinski definition) is 6. The number of aromatic nitrogens is 2. The van der Waals surface area contributed by atoms with E-state index in [9.17, 15) is 0 Å². The molecule has 3 aromatic rings. The molecular formula is C22H25ClN4OS. The lowest BCUT2D eigenvalue weighted by atomic mass is 9.89. The average molecular weight is 429 g/mol. The number of rotatable bonds is 3. The Morgan fingerprint density at radius 3 is 2.66 bits per heavy atom. The Labute approximate surface area is 180 Å². The lowest BCUT2D eigenvalue weighted by Gasteiger charge is -2.37. The molecule has 2 aliphatic rings. The van der Waals surface area contributed by atoms with Gasteiger partial charge in [-0.2, -0.15) is 4.98 Å². The van der Waals surface area contributed by atoms with Gasteiger partial charge in [0.2, 0.25) is 5.28 Å². The molecule has 0 saturated carbocycles. The van der Waals surface area contributed by atoms with E-state index >= 15 is 0 Å². The lowest BCUT2D eigenvalue weighted by molar-refractivity contribution is 0.413. The molecule has 152 valence electrons. The van der Waals surface area contributed by atoms with Crippen molar-refractivity contribution < 1.29 is 4.74 Å². The SMILES string of the molecule is COc1ccccc1N1CCN(c2nc(Cl)nc3sc4c(c23)CCC(C)C4)CC1. The smallest absolute Gasteiger partial charge is 0.225 e. The van der Waals surface area contributed by atoms with Gasteiger partial charge in [-0.15, -0.1) is 11.3 Å². The Morgan fingerprint density at radius 1 is 1.10 bits per heavy atom. The maximum Gasteiger partial charge on any atom is 0.225 e. The molecule has 0 radical (unpaired) electrons. The van der Waals surface area contributed by atoms with Crippen molar-refractivity contribution in [1.29, 1.82) is 0 Å². The summed E-state index contributed by atoms with van der Waals surface area (Å²) in [6, 6.07) is 8.23. The van der Waals surface area contributed by atoms with Crippen LogP contribution in [0.3, 0.4) is 0 Å². The monoisotopic (exact) mass is 428 g/mol. The molecule has 1 atom stereocenters. The Morgan fingerprint density at radius 2 is 1.86 bits per heavy atom. The number of halogens is 1. The number of piperazine rings is 1. The number of hydrogen-bond donors (Lipinski definition) is 0. The minimum Gasteiger partial charge on any atom is -0.495 e. The van der Waals surface area contributed by atoms with Crippen LogP contribution in [-0.2, 0) is 12.8 Å². The van der Waals surface area contributed by atoms with Crippen molar-refractivity contribution in [1.82, 2.24) is 9.97 Å². The van der Waals surface area contributed by atoms with Crippen LogP contribution in [0.5, 0.6) is 5.75 Å². The summed E-state index contributed by atoms with van der Waals surface area (Å²) >= 11 is 8.14. The summed E-state index contributed by atoms with van der Waals surface area (Å²) in [6.45, 7) is 5.99. The Bertz CT molecular complexity index is 1040. The normalized spacial score (nSPS) is 19.5. The summed E-state index contributed by atoms with van der Waals surface area (Å²) < 4.78 is 5.55. The van der Waals surface area contributed by atoms with Gasteiger partial charge in [0.05, 0.1) is 18.2 Å². The van der Waals surface area contributed by atoms with E-state index in [-0.39, 0.29) is 0 Å². The second kappa shape index (κ2) is 7.65. The molecule has 7 heteroatoms. The van der Waals surface area contributed by atoms with Gasteiger partial charge < -0.3 is 14.5 Å². The van der Waals surface area contributed by atoms with Crippen LogP contribution < -0.4 is 14.5 Å². The number of methoxy groups -OCH3 is 1. The number of aryl methyl sites for hydroxylation is 1. The van der Waals surface area contributed by atoms with Crippen molar-refractivity contribution >= 4 is 44.7 Å². The van der Waals surface area contributed by atoms with Gasteiger partial charge >= 0.3 is 0 Å². The maximum absolute atomic E-state index is 6.33. The molecule has 5 nitrogen and oxygen atoms in total. The highest BCUT2D eigenvalue weighted by molar-refractivity contribution is 7.19. The van der Waals surface area contributed by atoms with Crippen molar-refractivity contribution in [3.05, 3.63) is 40.0 Å². The number of benzene rings is 1. The minimum atomic E-state index is 0.353. The van der Waals surface area contributed by atoms with Crippen LogP contribution in [0.1, 0.15) is 23.8 Å². The summed E-state index contributed by atoms with van der Waals surface area (Å²) in [5, 5.41) is 1.60. The van der Waals surface area contributed by atoms with E-state index in [1.165, 1.54) is 22.2 Å². The summed E-state index contributed by atoms with van der Waals surface area (Å²) in [6.07, 6.45) is 3.51. The van der Waals surface area contributed by atoms with Crippen molar-refractivity contribution in [3.63, 3.8) is 0 Å². The Kier molecular flexibility index (Phi) is 5.00. The van der Waals surface area contributed by atoms with Gasteiger partial charge in [0.15, 0.2) is 0 Å². The zero-order valence-corrected chi connectivity index (χ0v) is 18.4. The summed E-state index contributed by atoms with van der Waals surface area (Å²) in [5.74, 6) is 2.69. The Balaban J connectivity index is 1.45. The first kappa shape index (κ1) is 18.9. The molecular weight excluding hydrogens is 404 g/mol. The number of para-hydroxylation sites is 2. The van der Waals surface area contributed by atoms with Crippen LogP contribution in [0, 0.1) is 5.92 Å². The molecule has 1 unspecified atom stereocenters. The molecule has 0 amide bonds. The molecule has 3 heterocycles. The predicted molar refractivity (Wildman–Crippen MR) is 121 cm³/mol. The van der Waals surface area contributed by atoms with E-state index in [0.29, 0.717) is 5.28 Å². The van der Waals surface area contributed by atoms with Gasteiger partial charge in [0.1, 0.15) is 16.4 Å². The lowest BCUT2D eigenvalue weighted by Crippen LogP contribution is -2.47. The number of anilines is 2. The molecule has 1 aliphatic carbocycles. The third kappa shape index (κ3) is 3.42. The molecule has 1 saturated heterocycles. The number of nitrogens with zero attached hydrogens (tertiary/aromatic N) is 4. The predicted octanol–water partition coefficient (Wildman–Crippen LogP) is 4.80. The minimum absolute atomic E-state index is 0.353. The third-order valence-electron chi connectivity index (χ3n) is 6.11. The van der Waals surface area contributed by atoms with Crippen LogP contribution in [0.2, 0.25) is 5.28 Å². The van der Waals surface area contributed by atoms with Crippen molar-refractivity contribution in [3.8, 4) is 5.75 Å². The quantitative estimate of drug-likeness (QED) is 0.560. The Hall–Kier alpha value is -2.05. The topological polar surface area (TPSA) is 41.5 Å². The number of fused-ring (bicyclic) bond motifs is 3. The first-order valence-electron chi connectivity index (χ1n) is 10.2. The van der Waals surface area contributed by atoms with Gasteiger partial charge in [-0.25, -0.2) is 4.98 Å². The van der Waals surface area contributed by atoms with Crippen LogP contribution in [0.15, 0.2) is 24.3 Å². The summed E-state index contributed by atoms with van der Waals surface area (Å²) in [7, 11) is 1.73. The maximum atomic E-state index is 6.33. The fourth-order valence-electron chi connectivity index (χ4n) is 4.58. The van der Waals surface area contributed by atoms with Gasteiger partial charge in [-0.3, -0.25) is 0 Å². The first-order valence-corrected chi connectivity index (χ1v) is 11.4. The van der Waals surface area contributed by atoms with E-state index in [1.54, 1.807) is 7.11 Å². The van der Waals surface area contributed by atoms with Crippen LogP contribution in [0.4, 0.5) is 11.5 Å². The van der Waals surface area contributed by atoms with Gasteiger partial charge in [0, 0.05) is 31.1 Å². The molecule has 2 aromatic heterocycles. The van der Waals surface area contributed by atoms with E-state index < -0.39 is 0 Å².